The second kappa shape index (κ2) is 12.6. The average molecular weight is 540 g/mol. The molecular formula is C21H21AlO15. The molecule has 198 valence electrons. The summed E-state index contributed by atoms with van der Waals surface area (Å²) in [5, 5.41) is 58.7. The van der Waals surface area contributed by atoms with Crippen molar-refractivity contribution in [3.63, 3.8) is 0 Å². The number of hydrogen-bond donors (Lipinski definition) is 3. The summed E-state index contributed by atoms with van der Waals surface area (Å²) in [4.78, 5) is 63.8. The van der Waals surface area contributed by atoms with Gasteiger partial charge in [0.1, 0.15) is 0 Å². The van der Waals surface area contributed by atoms with Crippen LogP contribution >= 0.6 is 0 Å². The quantitative estimate of drug-likeness (QED) is 0.281. The van der Waals surface area contributed by atoms with Crippen molar-refractivity contribution in [2.24, 2.45) is 0 Å². The van der Waals surface area contributed by atoms with E-state index in [1.807, 2.05) is 0 Å². The third kappa shape index (κ3) is 7.02. The molecule has 0 radical (unpaired) electrons. The van der Waals surface area contributed by atoms with Gasteiger partial charge in [0.15, 0.2) is 52.5 Å². The van der Waals surface area contributed by atoms with Crippen molar-refractivity contribution in [3.05, 3.63) is 37.0 Å². The van der Waals surface area contributed by atoms with E-state index in [4.69, 9.17) is 15.3 Å². The smallest absolute Gasteiger partial charge is 0.546 e. The van der Waals surface area contributed by atoms with E-state index < -0.39 is 70.4 Å². The predicted octanol–water partition coefficient (Wildman–Crippen LogP) is -6.47. The van der Waals surface area contributed by atoms with Crippen LogP contribution in [0.1, 0.15) is 20.8 Å². The van der Waals surface area contributed by atoms with Gasteiger partial charge in [0.2, 0.25) is 0 Å². The summed E-state index contributed by atoms with van der Waals surface area (Å²) in [6.45, 7) is 3.23. The molecule has 0 saturated carbocycles. The fourth-order valence-electron chi connectivity index (χ4n) is 2.49. The zero-order valence-corrected chi connectivity index (χ0v) is 20.7. The van der Waals surface area contributed by atoms with Crippen molar-refractivity contribution in [1.29, 1.82) is 0 Å². The summed E-state index contributed by atoms with van der Waals surface area (Å²) < 4.78 is 13.8. The number of carboxylic acid groups (broad SMARTS) is 3. The van der Waals surface area contributed by atoms with Crippen LogP contribution in [0.25, 0.3) is 0 Å². The number of aliphatic hydroxyl groups is 3. The maximum absolute atomic E-state index is 10.8. The Balaban J connectivity index is 0.000000518. The molecule has 0 saturated heterocycles. The molecule has 0 aromatic heterocycles. The Bertz CT molecular complexity index is 905. The SMILES string of the molecule is CC1(C(=O)[O-])OC=CC(=O)C1O.CC1(C(=O)[O-])OC=CC(=O)C1O.CC1(C(=O)[O-])OC=CC(=O)C1O.[Al+3]. The van der Waals surface area contributed by atoms with Crippen LogP contribution in [0, 0.1) is 0 Å². The van der Waals surface area contributed by atoms with Crippen molar-refractivity contribution >= 4 is 52.6 Å². The van der Waals surface area contributed by atoms with E-state index >= 15 is 0 Å². The average Bonchev–Trinajstić information content (AvgIpc) is 2.80. The van der Waals surface area contributed by atoms with Crippen LogP contribution in [-0.2, 0) is 43.0 Å². The summed E-state index contributed by atoms with van der Waals surface area (Å²) in [7, 11) is 0. The summed E-state index contributed by atoms with van der Waals surface area (Å²) in [5.74, 6) is -6.96. The number of carbonyl (C=O) groups is 6. The van der Waals surface area contributed by atoms with E-state index in [9.17, 15) is 44.1 Å². The number of aliphatic hydroxyl groups excluding tert-OH is 3. The minimum Gasteiger partial charge on any atom is -0.546 e. The first-order chi connectivity index (χ1) is 16.4. The summed E-state index contributed by atoms with van der Waals surface area (Å²) >= 11 is 0. The molecule has 0 aromatic carbocycles. The van der Waals surface area contributed by atoms with Crippen molar-refractivity contribution in [2.75, 3.05) is 0 Å². The van der Waals surface area contributed by atoms with E-state index in [2.05, 4.69) is 14.2 Å². The zero-order valence-electron chi connectivity index (χ0n) is 19.5. The number of hydrogen-bond acceptors (Lipinski definition) is 15. The molecule has 0 aliphatic carbocycles. The van der Waals surface area contributed by atoms with Crippen molar-refractivity contribution < 1.29 is 73.6 Å². The molecule has 3 N–H and O–H groups in total. The Morgan fingerprint density at radius 2 is 0.811 bits per heavy atom. The number of carbonyl (C=O) groups excluding carboxylic acids is 6. The van der Waals surface area contributed by atoms with Crippen LogP contribution in [0.4, 0.5) is 0 Å². The largest absolute Gasteiger partial charge is 3.00 e. The molecule has 0 aromatic rings. The number of aliphatic carboxylic acids is 3. The summed E-state index contributed by atoms with van der Waals surface area (Å²) in [5.41, 5.74) is -5.90. The van der Waals surface area contributed by atoms with Crippen LogP contribution in [0.3, 0.4) is 0 Å². The van der Waals surface area contributed by atoms with Gasteiger partial charge in [0, 0.05) is 18.2 Å². The van der Waals surface area contributed by atoms with Crippen LogP contribution in [-0.4, -0.2) is 103 Å². The van der Waals surface area contributed by atoms with Gasteiger partial charge in [-0.1, -0.05) is 0 Å². The van der Waals surface area contributed by atoms with Gasteiger partial charge >= 0.3 is 17.4 Å². The molecule has 6 unspecified atom stereocenters. The molecule has 0 bridgehead atoms. The van der Waals surface area contributed by atoms with Gasteiger partial charge in [0.05, 0.1) is 36.7 Å². The van der Waals surface area contributed by atoms with Crippen LogP contribution < -0.4 is 15.3 Å². The second-order valence-electron chi connectivity index (χ2n) is 7.86. The van der Waals surface area contributed by atoms with Crippen molar-refractivity contribution in [2.45, 2.75) is 55.9 Å². The molecule has 3 rings (SSSR count). The van der Waals surface area contributed by atoms with Gasteiger partial charge in [-0.05, 0) is 20.8 Å². The second-order valence-corrected chi connectivity index (χ2v) is 7.86. The third-order valence-corrected chi connectivity index (χ3v) is 5.23. The molecule has 15 nitrogen and oxygen atoms in total. The summed E-state index contributed by atoms with van der Waals surface area (Å²) in [6, 6.07) is 0. The normalized spacial score (nSPS) is 33.6. The fourth-order valence-corrected chi connectivity index (χ4v) is 2.49. The Morgan fingerprint density at radius 1 is 0.622 bits per heavy atom. The minimum absolute atomic E-state index is 0. The van der Waals surface area contributed by atoms with Crippen molar-refractivity contribution in [1.82, 2.24) is 0 Å². The molecule has 6 atom stereocenters. The summed E-state index contributed by atoms with van der Waals surface area (Å²) in [6.07, 6.45) is 0.605. The van der Waals surface area contributed by atoms with Gasteiger partial charge in [0.25, 0.3) is 0 Å². The maximum atomic E-state index is 10.8. The first-order valence-corrected chi connectivity index (χ1v) is 9.78. The van der Waals surface area contributed by atoms with E-state index in [1.54, 1.807) is 0 Å². The molecule has 3 aliphatic heterocycles. The fraction of sp³-hybridized carbons (Fsp3) is 0.429. The molecule has 0 fully saturated rings. The monoisotopic (exact) mass is 540 g/mol. The first-order valence-electron chi connectivity index (χ1n) is 9.78. The molecule has 3 aliphatic rings. The van der Waals surface area contributed by atoms with Crippen molar-refractivity contribution in [3.8, 4) is 0 Å². The molecule has 3 heterocycles. The van der Waals surface area contributed by atoms with E-state index in [0.717, 1.165) is 57.8 Å². The number of carboxylic acids is 3. The minimum atomic E-state index is -1.97. The predicted molar refractivity (Wildman–Crippen MR) is 110 cm³/mol. The Labute approximate surface area is 219 Å². The Hall–Kier alpha value is -3.55. The topological polar surface area (TPSA) is 260 Å². The number of ether oxygens (including phenoxy) is 3. The molecular weight excluding hydrogens is 519 g/mol. The molecule has 0 amide bonds. The van der Waals surface area contributed by atoms with Gasteiger partial charge in [-0.3, -0.25) is 14.4 Å². The van der Waals surface area contributed by atoms with E-state index in [-0.39, 0.29) is 17.4 Å². The Morgan fingerprint density at radius 3 is 0.946 bits per heavy atom. The van der Waals surface area contributed by atoms with Crippen LogP contribution in [0.5, 0.6) is 0 Å². The third-order valence-electron chi connectivity index (χ3n) is 5.23. The van der Waals surface area contributed by atoms with Gasteiger partial charge in [-0.25, -0.2) is 0 Å². The molecule has 0 spiro atoms. The molecule has 16 heteroatoms. The number of ketones is 3. The van der Waals surface area contributed by atoms with Crippen LogP contribution in [0.15, 0.2) is 37.0 Å². The van der Waals surface area contributed by atoms with E-state index in [1.165, 1.54) is 0 Å². The van der Waals surface area contributed by atoms with E-state index in [0.29, 0.717) is 0 Å². The van der Waals surface area contributed by atoms with Crippen LogP contribution in [0.2, 0.25) is 0 Å². The first kappa shape index (κ1) is 33.5. The maximum Gasteiger partial charge on any atom is 3.00 e. The standard InChI is InChI=1S/3C7H8O5.Al/c3*1-7(6(10)11)5(9)4(8)2-3-12-7;/h3*2-3,5,9H,1H3,(H,10,11);/q;;;+3/p-3. The zero-order chi connectivity index (χ0) is 28.1. The van der Waals surface area contributed by atoms with Gasteiger partial charge in [-0.2, -0.15) is 0 Å². The molecule has 37 heavy (non-hydrogen) atoms. The number of rotatable bonds is 3. The Kier molecular flexibility index (Phi) is 11.4. The van der Waals surface area contributed by atoms with Gasteiger partial charge in [-0.15, -0.1) is 0 Å². The van der Waals surface area contributed by atoms with Gasteiger partial charge < -0.3 is 59.2 Å².